The van der Waals surface area contributed by atoms with Crippen LogP contribution in [-0.4, -0.2) is 25.8 Å². The maximum Gasteiger partial charge on any atom is 0.0469 e. The van der Waals surface area contributed by atoms with E-state index in [1.807, 2.05) is 0 Å². The molecule has 1 unspecified atom stereocenters. The molecule has 1 aliphatic rings. The molecule has 1 N–H and O–H groups in total. The lowest BCUT2D eigenvalue weighted by atomic mass is 9.92. The SMILES string of the molecule is CCCCOCCC(C)CNC1CCC1. The van der Waals surface area contributed by atoms with Crippen LogP contribution in [0.4, 0.5) is 0 Å². The molecule has 1 aliphatic carbocycles. The molecule has 0 bridgehead atoms. The van der Waals surface area contributed by atoms with Gasteiger partial charge in [0.25, 0.3) is 0 Å². The molecule has 0 heterocycles. The van der Waals surface area contributed by atoms with Gasteiger partial charge in [-0.25, -0.2) is 0 Å². The van der Waals surface area contributed by atoms with Crippen molar-refractivity contribution in [3.8, 4) is 0 Å². The summed E-state index contributed by atoms with van der Waals surface area (Å²) in [4.78, 5) is 0. The Balaban J connectivity index is 1.82. The fraction of sp³-hybridized carbons (Fsp3) is 1.00. The Labute approximate surface area is 94.8 Å². The zero-order chi connectivity index (χ0) is 10.9. The average molecular weight is 213 g/mol. The first-order valence-corrected chi connectivity index (χ1v) is 6.64. The Kier molecular flexibility index (Phi) is 7.03. The van der Waals surface area contributed by atoms with Crippen molar-refractivity contribution in [1.29, 1.82) is 0 Å². The molecule has 0 amide bonds. The molecule has 1 fully saturated rings. The monoisotopic (exact) mass is 213 g/mol. The molecular weight excluding hydrogens is 186 g/mol. The summed E-state index contributed by atoms with van der Waals surface area (Å²) in [5.74, 6) is 0.757. The first-order valence-electron chi connectivity index (χ1n) is 6.64. The lowest BCUT2D eigenvalue weighted by Crippen LogP contribution is -2.37. The van der Waals surface area contributed by atoms with Crippen LogP contribution in [0.3, 0.4) is 0 Å². The van der Waals surface area contributed by atoms with Gasteiger partial charge in [-0.05, 0) is 38.1 Å². The summed E-state index contributed by atoms with van der Waals surface area (Å²) in [5.41, 5.74) is 0. The van der Waals surface area contributed by atoms with E-state index < -0.39 is 0 Å². The molecule has 0 aromatic carbocycles. The molecule has 90 valence electrons. The van der Waals surface area contributed by atoms with Crippen molar-refractivity contribution in [2.24, 2.45) is 5.92 Å². The zero-order valence-corrected chi connectivity index (χ0v) is 10.4. The second-order valence-electron chi connectivity index (χ2n) is 4.90. The largest absolute Gasteiger partial charge is 0.381 e. The fourth-order valence-electron chi connectivity index (χ4n) is 1.72. The lowest BCUT2D eigenvalue weighted by Gasteiger charge is -2.28. The summed E-state index contributed by atoms with van der Waals surface area (Å²) in [6.45, 7) is 7.57. The predicted molar refractivity (Wildman–Crippen MR) is 65.1 cm³/mol. The first kappa shape index (κ1) is 13.0. The van der Waals surface area contributed by atoms with Gasteiger partial charge >= 0.3 is 0 Å². The van der Waals surface area contributed by atoms with Gasteiger partial charge in [-0.3, -0.25) is 0 Å². The molecule has 0 aromatic rings. The van der Waals surface area contributed by atoms with Crippen molar-refractivity contribution in [3.05, 3.63) is 0 Å². The Morgan fingerprint density at radius 1 is 1.33 bits per heavy atom. The minimum Gasteiger partial charge on any atom is -0.381 e. The van der Waals surface area contributed by atoms with E-state index in [9.17, 15) is 0 Å². The summed E-state index contributed by atoms with van der Waals surface area (Å²) in [5, 5.41) is 3.62. The Morgan fingerprint density at radius 3 is 2.73 bits per heavy atom. The third-order valence-corrected chi connectivity index (χ3v) is 3.26. The third-order valence-electron chi connectivity index (χ3n) is 3.26. The summed E-state index contributed by atoms with van der Waals surface area (Å²) >= 11 is 0. The second kappa shape index (κ2) is 8.12. The van der Waals surface area contributed by atoms with E-state index in [4.69, 9.17) is 4.74 Å². The second-order valence-corrected chi connectivity index (χ2v) is 4.90. The van der Waals surface area contributed by atoms with E-state index in [2.05, 4.69) is 19.2 Å². The van der Waals surface area contributed by atoms with Crippen LogP contribution >= 0.6 is 0 Å². The number of ether oxygens (including phenoxy) is 1. The zero-order valence-electron chi connectivity index (χ0n) is 10.4. The highest BCUT2D eigenvalue weighted by Crippen LogP contribution is 2.18. The summed E-state index contributed by atoms with van der Waals surface area (Å²) in [7, 11) is 0. The van der Waals surface area contributed by atoms with Gasteiger partial charge in [-0.1, -0.05) is 26.7 Å². The van der Waals surface area contributed by atoms with E-state index in [-0.39, 0.29) is 0 Å². The van der Waals surface area contributed by atoms with Crippen molar-refractivity contribution >= 4 is 0 Å². The van der Waals surface area contributed by atoms with Crippen molar-refractivity contribution in [3.63, 3.8) is 0 Å². The summed E-state index contributed by atoms with van der Waals surface area (Å²) in [6, 6.07) is 0.827. The molecule has 1 atom stereocenters. The molecular formula is C13H27NO. The van der Waals surface area contributed by atoms with Gasteiger partial charge in [0.1, 0.15) is 0 Å². The van der Waals surface area contributed by atoms with Crippen molar-refractivity contribution in [2.45, 2.75) is 58.4 Å². The number of hydrogen-bond donors (Lipinski definition) is 1. The highest BCUT2D eigenvalue weighted by molar-refractivity contribution is 4.76. The van der Waals surface area contributed by atoms with Crippen LogP contribution in [0.2, 0.25) is 0 Å². The molecule has 2 heteroatoms. The molecule has 0 radical (unpaired) electrons. The number of nitrogens with one attached hydrogen (secondary N) is 1. The summed E-state index contributed by atoms with van der Waals surface area (Å²) < 4.78 is 5.56. The van der Waals surface area contributed by atoms with Crippen molar-refractivity contribution in [1.82, 2.24) is 5.32 Å². The van der Waals surface area contributed by atoms with Gasteiger partial charge in [-0.15, -0.1) is 0 Å². The molecule has 0 aliphatic heterocycles. The number of unbranched alkanes of at least 4 members (excludes halogenated alkanes) is 1. The van der Waals surface area contributed by atoms with Crippen molar-refractivity contribution in [2.75, 3.05) is 19.8 Å². The lowest BCUT2D eigenvalue weighted by molar-refractivity contribution is 0.118. The van der Waals surface area contributed by atoms with E-state index in [1.165, 1.54) is 45.1 Å². The fourth-order valence-corrected chi connectivity index (χ4v) is 1.72. The smallest absolute Gasteiger partial charge is 0.0469 e. The molecule has 15 heavy (non-hydrogen) atoms. The topological polar surface area (TPSA) is 21.3 Å². The molecule has 2 nitrogen and oxygen atoms in total. The van der Waals surface area contributed by atoms with Gasteiger partial charge in [0, 0.05) is 19.3 Å². The first-order chi connectivity index (χ1) is 7.33. The van der Waals surface area contributed by atoms with Gasteiger partial charge in [-0.2, -0.15) is 0 Å². The van der Waals surface area contributed by atoms with Crippen molar-refractivity contribution < 1.29 is 4.74 Å². The highest BCUT2D eigenvalue weighted by Gasteiger charge is 2.16. The minimum absolute atomic E-state index is 0.757. The van der Waals surface area contributed by atoms with E-state index in [0.717, 1.165) is 25.2 Å². The van der Waals surface area contributed by atoms with Gasteiger partial charge in [0.15, 0.2) is 0 Å². The van der Waals surface area contributed by atoms with Crippen LogP contribution in [0.5, 0.6) is 0 Å². The van der Waals surface area contributed by atoms with Gasteiger partial charge in [0.2, 0.25) is 0 Å². The highest BCUT2D eigenvalue weighted by atomic mass is 16.5. The van der Waals surface area contributed by atoms with Crippen LogP contribution in [-0.2, 0) is 4.74 Å². The summed E-state index contributed by atoms with van der Waals surface area (Å²) in [6.07, 6.45) is 7.84. The standard InChI is InChI=1S/C13H27NO/c1-3-4-9-15-10-8-12(2)11-14-13-6-5-7-13/h12-14H,3-11H2,1-2H3. The molecule has 0 aromatic heterocycles. The Hall–Kier alpha value is -0.0800. The Morgan fingerprint density at radius 2 is 2.13 bits per heavy atom. The van der Waals surface area contributed by atoms with Crippen LogP contribution in [0.25, 0.3) is 0 Å². The van der Waals surface area contributed by atoms with Crippen LogP contribution in [0.1, 0.15) is 52.4 Å². The van der Waals surface area contributed by atoms with Gasteiger partial charge < -0.3 is 10.1 Å². The van der Waals surface area contributed by atoms with Crippen LogP contribution < -0.4 is 5.32 Å². The maximum absolute atomic E-state index is 5.56. The van der Waals surface area contributed by atoms with Crippen LogP contribution in [0.15, 0.2) is 0 Å². The number of rotatable bonds is 9. The molecule has 0 spiro atoms. The predicted octanol–water partition coefficient (Wildman–Crippen LogP) is 2.97. The molecule has 1 rings (SSSR count). The van der Waals surface area contributed by atoms with Gasteiger partial charge in [0.05, 0.1) is 0 Å². The normalized spacial score (nSPS) is 18.8. The van der Waals surface area contributed by atoms with Crippen LogP contribution in [0, 0.1) is 5.92 Å². The quantitative estimate of drug-likeness (QED) is 0.595. The third kappa shape index (κ3) is 6.16. The van der Waals surface area contributed by atoms with E-state index in [1.54, 1.807) is 0 Å². The Bertz CT molecular complexity index is 145. The van der Waals surface area contributed by atoms with E-state index >= 15 is 0 Å². The molecule has 0 saturated heterocycles. The average Bonchev–Trinajstić information content (AvgIpc) is 2.15. The minimum atomic E-state index is 0.757. The maximum atomic E-state index is 5.56. The number of hydrogen-bond acceptors (Lipinski definition) is 2. The van der Waals surface area contributed by atoms with E-state index in [0.29, 0.717) is 0 Å². The molecule has 1 saturated carbocycles.